The average molecular weight is 362 g/mol. The zero-order chi connectivity index (χ0) is 18.9. The van der Waals surface area contributed by atoms with E-state index in [9.17, 15) is 4.79 Å². The Balaban J connectivity index is 1.45. The fourth-order valence-corrected chi connectivity index (χ4v) is 2.33. The Labute approximate surface area is 156 Å². The quantitative estimate of drug-likeness (QED) is 0.514. The van der Waals surface area contributed by atoms with Gasteiger partial charge in [0.1, 0.15) is 12.4 Å². The maximum absolute atomic E-state index is 12.0. The van der Waals surface area contributed by atoms with Crippen LogP contribution in [-0.4, -0.2) is 24.2 Å². The van der Waals surface area contributed by atoms with Crippen LogP contribution in [0.25, 0.3) is 11.5 Å². The predicted octanol–water partition coefficient (Wildman–Crippen LogP) is 3.48. The first-order chi connectivity index (χ1) is 13.3. The molecule has 1 N–H and O–H groups in total. The second kappa shape index (κ2) is 9.11. The number of nitrogens with one attached hydrogen (secondary N) is 1. The highest BCUT2D eigenvalue weighted by Crippen LogP contribution is 2.20. The summed E-state index contributed by atoms with van der Waals surface area (Å²) in [6.45, 7) is 4.15. The number of carbonyl (C=O) groups excluding carboxylic acids is 1. The number of carbonyl (C=O) groups is 1. The maximum Gasteiger partial charge on any atom is 0.274 e. The van der Waals surface area contributed by atoms with Crippen LogP contribution in [0.15, 0.2) is 70.3 Å². The lowest BCUT2D eigenvalue weighted by Gasteiger charge is -2.07. The summed E-state index contributed by atoms with van der Waals surface area (Å²) in [4.78, 5) is 12.0. The third-order valence-corrected chi connectivity index (χ3v) is 3.61. The van der Waals surface area contributed by atoms with Crippen molar-refractivity contribution in [3.63, 3.8) is 0 Å². The number of rotatable bonds is 7. The molecule has 0 saturated heterocycles. The molecule has 3 rings (SSSR count). The second-order valence-corrected chi connectivity index (χ2v) is 5.48. The van der Waals surface area contributed by atoms with Gasteiger partial charge in [0, 0.05) is 6.07 Å². The van der Waals surface area contributed by atoms with Gasteiger partial charge < -0.3 is 19.0 Å². The number of allylic oxidation sites excluding steroid dienone is 1. The van der Waals surface area contributed by atoms with Gasteiger partial charge in [0.05, 0.1) is 12.8 Å². The smallest absolute Gasteiger partial charge is 0.274 e. The Bertz CT molecular complexity index is 961. The topological polar surface area (TPSA) is 77.5 Å². The average Bonchev–Trinajstić information content (AvgIpc) is 3.37. The summed E-state index contributed by atoms with van der Waals surface area (Å²) in [5, 5.41) is 6.38. The molecule has 136 valence electrons. The molecule has 2 aromatic heterocycles. The summed E-state index contributed by atoms with van der Waals surface area (Å²) in [5.74, 6) is 7.01. The molecule has 27 heavy (non-hydrogen) atoms. The van der Waals surface area contributed by atoms with E-state index in [4.69, 9.17) is 13.7 Å². The van der Waals surface area contributed by atoms with Crippen LogP contribution in [0, 0.1) is 11.8 Å². The summed E-state index contributed by atoms with van der Waals surface area (Å²) in [6, 6.07) is 12.7. The molecule has 0 aliphatic heterocycles. The normalized spacial score (nSPS) is 9.93. The zero-order valence-corrected chi connectivity index (χ0v) is 14.6. The number of furan rings is 1. The van der Waals surface area contributed by atoms with Crippen LogP contribution >= 0.6 is 0 Å². The van der Waals surface area contributed by atoms with Crippen molar-refractivity contribution in [3.8, 4) is 29.1 Å². The largest absolute Gasteiger partial charge is 0.481 e. The Hall–Kier alpha value is -3.72. The van der Waals surface area contributed by atoms with Crippen molar-refractivity contribution in [2.45, 2.75) is 6.42 Å². The van der Waals surface area contributed by atoms with Gasteiger partial charge in [0.2, 0.25) is 5.76 Å². The Morgan fingerprint density at radius 2 is 2.11 bits per heavy atom. The van der Waals surface area contributed by atoms with Crippen molar-refractivity contribution in [1.29, 1.82) is 0 Å². The van der Waals surface area contributed by atoms with E-state index in [0.29, 0.717) is 11.5 Å². The van der Waals surface area contributed by atoms with Crippen LogP contribution in [0.4, 0.5) is 0 Å². The third kappa shape index (κ3) is 4.89. The van der Waals surface area contributed by atoms with Crippen LogP contribution in [0.3, 0.4) is 0 Å². The van der Waals surface area contributed by atoms with E-state index < -0.39 is 0 Å². The highest BCUT2D eigenvalue weighted by atomic mass is 16.5. The van der Waals surface area contributed by atoms with Gasteiger partial charge in [-0.25, -0.2) is 0 Å². The number of para-hydroxylation sites is 1. The first-order valence-corrected chi connectivity index (χ1v) is 8.34. The van der Waals surface area contributed by atoms with Crippen molar-refractivity contribution >= 4 is 5.91 Å². The number of ether oxygens (including phenoxy) is 1. The summed E-state index contributed by atoms with van der Waals surface area (Å²) in [5.41, 5.74) is 1.22. The van der Waals surface area contributed by atoms with Gasteiger partial charge in [-0.05, 0) is 30.2 Å². The van der Waals surface area contributed by atoms with Crippen LogP contribution in [-0.2, 0) is 6.42 Å². The second-order valence-electron chi connectivity index (χ2n) is 5.48. The lowest BCUT2D eigenvalue weighted by molar-refractivity contribution is 0.0949. The Kier molecular flexibility index (Phi) is 6.10. The van der Waals surface area contributed by atoms with E-state index in [-0.39, 0.29) is 24.8 Å². The van der Waals surface area contributed by atoms with Gasteiger partial charge in [0.15, 0.2) is 11.5 Å². The number of hydrogen-bond donors (Lipinski definition) is 1. The van der Waals surface area contributed by atoms with Crippen molar-refractivity contribution < 1.29 is 18.5 Å². The molecular formula is C21H18N2O4. The van der Waals surface area contributed by atoms with Crippen LogP contribution < -0.4 is 10.1 Å². The van der Waals surface area contributed by atoms with E-state index in [1.165, 1.54) is 12.3 Å². The SMILES string of the molecule is C=CCc1ccccc1OCC#CCNC(=O)c1cc(-c2ccco2)on1. The predicted molar refractivity (Wildman–Crippen MR) is 100 cm³/mol. The molecule has 1 amide bonds. The maximum atomic E-state index is 12.0. The fraction of sp³-hybridized carbons (Fsp3) is 0.143. The summed E-state index contributed by atoms with van der Waals surface area (Å²) < 4.78 is 15.9. The number of hydrogen-bond acceptors (Lipinski definition) is 5. The molecule has 2 heterocycles. The van der Waals surface area contributed by atoms with Gasteiger partial charge in [-0.2, -0.15) is 0 Å². The number of nitrogens with zero attached hydrogens (tertiary/aromatic N) is 1. The van der Waals surface area contributed by atoms with Gasteiger partial charge in [-0.15, -0.1) is 6.58 Å². The first kappa shape index (κ1) is 18.1. The minimum Gasteiger partial charge on any atom is -0.481 e. The molecule has 0 aliphatic rings. The molecule has 0 saturated carbocycles. The van der Waals surface area contributed by atoms with E-state index in [1.807, 2.05) is 30.3 Å². The van der Waals surface area contributed by atoms with Crippen molar-refractivity contribution in [2.75, 3.05) is 13.2 Å². The minimum absolute atomic E-state index is 0.165. The van der Waals surface area contributed by atoms with Crippen molar-refractivity contribution in [1.82, 2.24) is 10.5 Å². The highest BCUT2D eigenvalue weighted by Gasteiger charge is 2.14. The van der Waals surface area contributed by atoms with Gasteiger partial charge in [0.25, 0.3) is 5.91 Å². The van der Waals surface area contributed by atoms with Crippen LogP contribution in [0.1, 0.15) is 16.1 Å². The minimum atomic E-state index is -0.372. The van der Waals surface area contributed by atoms with Gasteiger partial charge in [-0.1, -0.05) is 41.3 Å². The van der Waals surface area contributed by atoms with Crippen molar-refractivity contribution in [2.24, 2.45) is 0 Å². The van der Waals surface area contributed by atoms with Crippen LogP contribution in [0.5, 0.6) is 5.75 Å². The first-order valence-electron chi connectivity index (χ1n) is 8.34. The number of aromatic nitrogens is 1. The molecule has 0 spiro atoms. The molecule has 0 atom stereocenters. The third-order valence-electron chi connectivity index (χ3n) is 3.61. The van der Waals surface area contributed by atoms with Gasteiger partial charge >= 0.3 is 0 Å². The monoisotopic (exact) mass is 362 g/mol. The lowest BCUT2D eigenvalue weighted by Crippen LogP contribution is -2.23. The summed E-state index contributed by atoms with van der Waals surface area (Å²) >= 11 is 0. The fourth-order valence-electron chi connectivity index (χ4n) is 2.33. The number of benzene rings is 1. The molecule has 6 nitrogen and oxygen atoms in total. The molecule has 6 heteroatoms. The van der Waals surface area contributed by atoms with E-state index in [2.05, 4.69) is 28.9 Å². The van der Waals surface area contributed by atoms with E-state index in [1.54, 1.807) is 12.1 Å². The molecule has 1 aromatic carbocycles. The molecule has 3 aromatic rings. The van der Waals surface area contributed by atoms with Crippen LogP contribution in [0.2, 0.25) is 0 Å². The molecule has 0 unspecified atom stereocenters. The van der Waals surface area contributed by atoms with E-state index >= 15 is 0 Å². The molecular weight excluding hydrogens is 344 g/mol. The van der Waals surface area contributed by atoms with Gasteiger partial charge in [-0.3, -0.25) is 4.79 Å². The molecule has 0 fully saturated rings. The zero-order valence-electron chi connectivity index (χ0n) is 14.6. The number of amides is 1. The van der Waals surface area contributed by atoms with Crippen molar-refractivity contribution in [3.05, 3.63) is 72.6 Å². The Morgan fingerprint density at radius 1 is 1.22 bits per heavy atom. The molecule has 0 radical (unpaired) electrons. The molecule has 0 bridgehead atoms. The Morgan fingerprint density at radius 3 is 2.93 bits per heavy atom. The lowest BCUT2D eigenvalue weighted by atomic mass is 10.1. The van der Waals surface area contributed by atoms with E-state index in [0.717, 1.165) is 17.7 Å². The highest BCUT2D eigenvalue weighted by molar-refractivity contribution is 5.93. The summed E-state index contributed by atoms with van der Waals surface area (Å²) in [7, 11) is 0. The molecule has 0 aliphatic carbocycles. The standard InChI is InChI=1S/C21H18N2O4/c1-2-8-16-9-3-4-10-18(16)25-13-6-5-12-22-21(24)17-15-20(27-23-17)19-11-7-14-26-19/h2-4,7,9-11,14-15H,1,8,12-13H2,(H,22,24). The summed E-state index contributed by atoms with van der Waals surface area (Å²) in [6.07, 6.45) is 4.08.